The van der Waals surface area contributed by atoms with Gasteiger partial charge in [0.1, 0.15) is 0 Å². The molecule has 1 unspecified atom stereocenters. The Labute approximate surface area is 68.2 Å². The largest absolute Gasteiger partial charge is 0.255 e. The van der Waals surface area contributed by atoms with Crippen molar-refractivity contribution in [2.75, 3.05) is 13.1 Å². The predicted octanol–water partition coefficient (Wildman–Crippen LogP) is 1.31. The Bertz CT molecular complexity index is 154. The molecule has 0 aromatic rings. The van der Waals surface area contributed by atoms with Gasteiger partial charge < -0.3 is 0 Å². The van der Waals surface area contributed by atoms with Crippen molar-refractivity contribution in [3.8, 4) is 0 Å². The fraction of sp³-hybridized carbons (Fsp3) is 0.778. The minimum absolute atomic E-state index is 0.686. The highest BCUT2D eigenvalue weighted by Crippen LogP contribution is 2.15. The summed E-state index contributed by atoms with van der Waals surface area (Å²) in [5, 5.41) is 2.40. The van der Waals surface area contributed by atoms with E-state index in [1.165, 1.54) is 38.8 Å². The van der Waals surface area contributed by atoms with Crippen molar-refractivity contribution < 1.29 is 0 Å². The van der Waals surface area contributed by atoms with Crippen LogP contribution in [0.25, 0.3) is 0 Å². The molecule has 0 radical (unpaired) electrons. The Morgan fingerprint density at radius 1 is 1.36 bits per heavy atom. The topological polar surface area (TPSA) is 15.3 Å². The first kappa shape index (κ1) is 7.32. The Morgan fingerprint density at radius 3 is 3.36 bits per heavy atom. The van der Waals surface area contributed by atoms with E-state index >= 15 is 0 Å². The first-order chi connectivity index (χ1) is 5.47. The van der Waals surface area contributed by atoms with Gasteiger partial charge in [0.15, 0.2) is 0 Å². The van der Waals surface area contributed by atoms with Crippen LogP contribution in [-0.4, -0.2) is 24.1 Å². The van der Waals surface area contributed by atoms with E-state index in [4.69, 9.17) is 0 Å². The minimum Gasteiger partial charge on any atom is -0.255 e. The number of hydrazine groups is 1. The normalized spacial score (nSPS) is 32.9. The van der Waals surface area contributed by atoms with Crippen molar-refractivity contribution in [3.05, 3.63) is 12.2 Å². The van der Waals surface area contributed by atoms with Gasteiger partial charge in [-0.25, -0.2) is 5.01 Å². The zero-order valence-electron chi connectivity index (χ0n) is 6.92. The molecule has 1 fully saturated rings. The number of nitrogens with one attached hydrogen (secondary N) is 1. The Hall–Kier alpha value is -0.340. The molecule has 2 aliphatic rings. The monoisotopic (exact) mass is 152 g/mol. The summed E-state index contributed by atoms with van der Waals surface area (Å²) < 4.78 is 0. The van der Waals surface area contributed by atoms with E-state index in [9.17, 15) is 0 Å². The molecule has 11 heavy (non-hydrogen) atoms. The molecule has 0 aromatic carbocycles. The lowest BCUT2D eigenvalue weighted by atomic mass is 10.1. The molecule has 1 saturated heterocycles. The van der Waals surface area contributed by atoms with E-state index in [1.807, 2.05) is 0 Å². The van der Waals surface area contributed by atoms with E-state index in [1.54, 1.807) is 0 Å². The third kappa shape index (κ3) is 1.63. The second kappa shape index (κ2) is 3.37. The van der Waals surface area contributed by atoms with Gasteiger partial charge in [0.2, 0.25) is 0 Å². The van der Waals surface area contributed by atoms with Gasteiger partial charge in [-0.1, -0.05) is 12.2 Å². The maximum absolute atomic E-state index is 3.44. The molecule has 0 aliphatic carbocycles. The average Bonchev–Trinajstić information content (AvgIpc) is 2.28. The van der Waals surface area contributed by atoms with E-state index in [0.717, 1.165) is 0 Å². The smallest absolute Gasteiger partial charge is 0.0423 e. The zero-order chi connectivity index (χ0) is 7.52. The van der Waals surface area contributed by atoms with Gasteiger partial charge in [0.05, 0.1) is 0 Å². The van der Waals surface area contributed by atoms with Gasteiger partial charge in [0.25, 0.3) is 0 Å². The summed E-state index contributed by atoms with van der Waals surface area (Å²) in [6, 6.07) is 0.686. The Kier molecular flexibility index (Phi) is 2.24. The van der Waals surface area contributed by atoms with Gasteiger partial charge in [-0.15, -0.1) is 0 Å². The molecule has 62 valence electrons. The van der Waals surface area contributed by atoms with Crippen molar-refractivity contribution >= 4 is 0 Å². The maximum Gasteiger partial charge on any atom is 0.0423 e. The summed E-state index contributed by atoms with van der Waals surface area (Å²) >= 11 is 0. The third-order valence-electron chi connectivity index (χ3n) is 2.52. The second-order valence-electron chi connectivity index (χ2n) is 3.38. The Morgan fingerprint density at radius 2 is 2.36 bits per heavy atom. The molecule has 0 spiro atoms. The van der Waals surface area contributed by atoms with Crippen LogP contribution >= 0.6 is 0 Å². The van der Waals surface area contributed by atoms with Crippen LogP contribution in [0.5, 0.6) is 0 Å². The van der Waals surface area contributed by atoms with Crippen LogP contribution in [-0.2, 0) is 0 Å². The lowest BCUT2D eigenvalue weighted by molar-refractivity contribution is 0.113. The number of nitrogens with zero attached hydrogens (tertiary/aromatic N) is 1. The highest BCUT2D eigenvalue weighted by molar-refractivity contribution is 4.97. The first-order valence-electron chi connectivity index (χ1n) is 4.63. The summed E-state index contributed by atoms with van der Waals surface area (Å²) in [5.74, 6) is 0. The molecule has 2 aliphatic heterocycles. The molecule has 2 heteroatoms. The summed E-state index contributed by atoms with van der Waals surface area (Å²) in [5.41, 5.74) is 3.44. The zero-order valence-corrected chi connectivity index (χ0v) is 6.92. The van der Waals surface area contributed by atoms with Gasteiger partial charge >= 0.3 is 0 Å². The first-order valence-corrected chi connectivity index (χ1v) is 4.63. The van der Waals surface area contributed by atoms with E-state index in [2.05, 4.69) is 22.6 Å². The molecule has 1 N–H and O–H groups in total. The lowest BCUT2D eigenvalue weighted by Gasteiger charge is -2.33. The van der Waals surface area contributed by atoms with Crippen LogP contribution in [0.1, 0.15) is 25.7 Å². The lowest BCUT2D eigenvalue weighted by Crippen LogP contribution is -2.48. The van der Waals surface area contributed by atoms with Crippen molar-refractivity contribution in [2.45, 2.75) is 31.7 Å². The molecule has 0 aromatic heterocycles. The highest BCUT2D eigenvalue weighted by Gasteiger charge is 2.19. The summed E-state index contributed by atoms with van der Waals surface area (Å²) in [6.45, 7) is 2.39. The third-order valence-corrected chi connectivity index (χ3v) is 2.52. The van der Waals surface area contributed by atoms with Crippen LogP contribution in [0.3, 0.4) is 0 Å². The molecule has 2 rings (SSSR count). The molecule has 2 nitrogen and oxygen atoms in total. The molecule has 0 amide bonds. The summed E-state index contributed by atoms with van der Waals surface area (Å²) in [4.78, 5) is 0. The van der Waals surface area contributed by atoms with Crippen LogP contribution in [0.2, 0.25) is 0 Å². The minimum atomic E-state index is 0.686. The molecular formula is C9H16N2. The molecule has 0 bridgehead atoms. The molecule has 2 heterocycles. The maximum atomic E-state index is 3.44. The molecule has 1 atom stereocenters. The number of allylic oxidation sites excluding steroid dienone is 1. The summed E-state index contributed by atoms with van der Waals surface area (Å²) in [7, 11) is 0. The predicted molar refractivity (Wildman–Crippen MR) is 46.1 cm³/mol. The van der Waals surface area contributed by atoms with Crippen LogP contribution in [0.4, 0.5) is 0 Å². The number of hydrogen-bond donors (Lipinski definition) is 1. The van der Waals surface area contributed by atoms with Crippen molar-refractivity contribution in [1.82, 2.24) is 10.4 Å². The van der Waals surface area contributed by atoms with Gasteiger partial charge in [0, 0.05) is 19.1 Å². The standard InChI is InChI=1S/C9H16N2/c1-2-5-9-6-4-7-10-11(9)8-3-1/h2,5,9-10H,1,3-4,6-8H2. The molecule has 0 saturated carbocycles. The van der Waals surface area contributed by atoms with Crippen molar-refractivity contribution in [2.24, 2.45) is 0 Å². The van der Waals surface area contributed by atoms with Crippen LogP contribution < -0.4 is 5.43 Å². The molecular weight excluding hydrogens is 136 g/mol. The number of hydrogen-bond acceptors (Lipinski definition) is 2. The average molecular weight is 152 g/mol. The van der Waals surface area contributed by atoms with Crippen molar-refractivity contribution in [1.29, 1.82) is 0 Å². The van der Waals surface area contributed by atoms with E-state index in [-0.39, 0.29) is 0 Å². The summed E-state index contributed by atoms with van der Waals surface area (Å²) in [6.07, 6.45) is 9.92. The van der Waals surface area contributed by atoms with Crippen molar-refractivity contribution in [3.63, 3.8) is 0 Å². The number of rotatable bonds is 0. The fourth-order valence-electron chi connectivity index (χ4n) is 1.88. The highest BCUT2D eigenvalue weighted by atomic mass is 15.5. The van der Waals surface area contributed by atoms with E-state index in [0.29, 0.717) is 6.04 Å². The number of fused-ring (bicyclic) bond motifs is 1. The van der Waals surface area contributed by atoms with Gasteiger partial charge in [-0.2, -0.15) is 0 Å². The van der Waals surface area contributed by atoms with Crippen LogP contribution in [0, 0.1) is 0 Å². The SMILES string of the molecule is C1=CC2CCCNN2CCC1. The van der Waals surface area contributed by atoms with Crippen LogP contribution in [0.15, 0.2) is 12.2 Å². The Balaban J connectivity index is 2.02. The second-order valence-corrected chi connectivity index (χ2v) is 3.38. The van der Waals surface area contributed by atoms with Gasteiger partial charge in [-0.3, -0.25) is 5.43 Å². The van der Waals surface area contributed by atoms with Gasteiger partial charge in [-0.05, 0) is 25.7 Å². The fourth-order valence-corrected chi connectivity index (χ4v) is 1.88. The van der Waals surface area contributed by atoms with E-state index < -0.39 is 0 Å². The quantitative estimate of drug-likeness (QED) is 0.526.